The monoisotopic (exact) mass is 186 g/mol. The minimum atomic E-state index is -0.111. The number of hydrogen-bond donors (Lipinski definition) is 0. The van der Waals surface area contributed by atoms with Gasteiger partial charge in [-0.1, -0.05) is 13.3 Å². The van der Waals surface area contributed by atoms with E-state index in [1.165, 1.54) is 0 Å². The average molecular weight is 186 g/mol. The molecular formula is C10H18O3. The second kappa shape index (κ2) is 5.97. The minimum absolute atomic E-state index is 0.111. The van der Waals surface area contributed by atoms with Crippen LogP contribution in [-0.4, -0.2) is 25.3 Å². The van der Waals surface area contributed by atoms with Crippen LogP contribution in [0.4, 0.5) is 0 Å². The molecule has 0 N–H and O–H groups in total. The summed E-state index contributed by atoms with van der Waals surface area (Å²) in [5, 5.41) is 0. The van der Waals surface area contributed by atoms with Gasteiger partial charge in [-0.3, -0.25) is 4.79 Å². The van der Waals surface area contributed by atoms with Gasteiger partial charge in [-0.25, -0.2) is 0 Å². The summed E-state index contributed by atoms with van der Waals surface area (Å²) in [6.07, 6.45) is 4.65. The second-order valence-corrected chi connectivity index (χ2v) is 3.41. The first kappa shape index (κ1) is 10.5. The summed E-state index contributed by atoms with van der Waals surface area (Å²) < 4.78 is 10.4. The van der Waals surface area contributed by atoms with E-state index in [-0.39, 0.29) is 12.1 Å². The van der Waals surface area contributed by atoms with Crippen molar-refractivity contribution < 1.29 is 14.3 Å². The maximum atomic E-state index is 11.2. The molecule has 0 aromatic rings. The van der Waals surface area contributed by atoms with Gasteiger partial charge < -0.3 is 9.47 Å². The van der Waals surface area contributed by atoms with Crippen LogP contribution < -0.4 is 0 Å². The van der Waals surface area contributed by atoms with Crippen molar-refractivity contribution in [3.63, 3.8) is 0 Å². The molecule has 1 saturated heterocycles. The zero-order chi connectivity index (χ0) is 9.52. The zero-order valence-corrected chi connectivity index (χ0v) is 8.25. The largest absolute Gasteiger partial charge is 0.466 e. The number of unbranched alkanes of at least 4 members (excludes halogenated alkanes) is 1. The fourth-order valence-electron chi connectivity index (χ4n) is 1.38. The molecule has 1 atom stereocenters. The Kier molecular flexibility index (Phi) is 4.83. The van der Waals surface area contributed by atoms with Crippen LogP contribution in [0.2, 0.25) is 0 Å². The lowest BCUT2D eigenvalue weighted by Gasteiger charge is -2.08. The number of carbonyl (C=O) groups is 1. The molecule has 13 heavy (non-hydrogen) atoms. The van der Waals surface area contributed by atoms with Crippen LogP contribution in [0.5, 0.6) is 0 Å². The van der Waals surface area contributed by atoms with E-state index >= 15 is 0 Å². The second-order valence-electron chi connectivity index (χ2n) is 3.41. The molecule has 1 aliphatic heterocycles. The Labute approximate surface area is 79.4 Å². The van der Waals surface area contributed by atoms with Gasteiger partial charge in [0, 0.05) is 6.61 Å². The van der Waals surface area contributed by atoms with Gasteiger partial charge in [0.05, 0.1) is 19.1 Å². The molecule has 3 nitrogen and oxygen atoms in total. The molecule has 1 fully saturated rings. The summed E-state index contributed by atoms with van der Waals surface area (Å²) in [6.45, 7) is 3.43. The van der Waals surface area contributed by atoms with Gasteiger partial charge in [-0.2, -0.15) is 0 Å². The Balaban J connectivity index is 2.02. The molecule has 1 rings (SSSR count). The molecular weight excluding hydrogens is 168 g/mol. The standard InChI is InChI=1S/C10H18O3/c1-2-3-6-13-10(11)8-9-5-4-7-12-9/h9H,2-8H2,1H3. The maximum Gasteiger partial charge on any atom is 0.308 e. The summed E-state index contributed by atoms with van der Waals surface area (Å²) in [6, 6.07) is 0. The molecule has 0 aromatic heterocycles. The fourth-order valence-corrected chi connectivity index (χ4v) is 1.38. The molecule has 0 amide bonds. The van der Waals surface area contributed by atoms with E-state index in [2.05, 4.69) is 6.92 Å². The van der Waals surface area contributed by atoms with Crippen LogP contribution in [0.1, 0.15) is 39.0 Å². The van der Waals surface area contributed by atoms with E-state index in [0.29, 0.717) is 13.0 Å². The fraction of sp³-hybridized carbons (Fsp3) is 0.900. The lowest BCUT2D eigenvalue weighted by molar-refractivity contribution is -0.146. The molecule has 1 unspecified atom stereocenters. The van der Waals surface area contributed by atoms with Gasteiger partial charge in [-0.15, -0.1) is 0 Å². The molecule has 0 aliphatic carbocycles. The van der Waals surface area contributed by atoms with E-state index in [9.17, 15) is 4.79 Å². The molecule has 0 spiro atoms. The van der Waals surface area contributed by atoms with Crippen LogP contribution in [0.3, 0.4) is 0 Å². The van der Waals surface area contributed by atoms with Gasteiger partial charge in [0.15, 0.2) is 0 Å². The molecule has 0 radical (unpaired) electrons. The molecule has 0 bridgehead atoms. The number of hydrogen-bond acceptors (Lipinski definition) is 3. The summed E-state index contributed by atoms with van der Waals surface area (Å²) in [4.78, 5) is 11.2. The third-order valence-electron chi connectivity index (χ3n) is 2.18. The van der Waals surface area contributed by atoms with Crippen LogP contribution in [0.15, 0.2) is 0 Å². The maximum absolute atomic E-state index is 11.2. The zero-order valence-electron chi connectivity index (χ0n) is 8.25. The molecule has 1 aliphatic rings. The Morgan fingerprint density at radius 3 is 3.08 bits per heavy atom. The normalized spacial score (nSPS) is 21.8. The first-order valence-electron chi connectivity index (χ1n) is 5.10. The highest BCUT2D eigenvalue weighted by atomic mass is 16.5. The molecule has 0 aromatic carbocycles. The number of carbonyl (C=O) groups excluding carboxylic acids is 1. The summed E-state index contributed by atoms with van der Waals surface area (Å²) in [5.41, 5.74) is 0. The third-order valence-corrected chi connectivity index (χ3v) is 2.18. The van der Waals surface area contributed by atoms with Crippen molar-refractivity contribution in [1.82, 2.24) is 0 Å². The number of ether oxygens (including phenoxy) is 2. The minimum Gasteiger partial charge on any atom is -0.466 e. The molecule has 3 heteroatoms. The van der Waals surface area contributed by atoms with Gasteiger partial charge in [-0.05, 0) is 19.3 Å². The number of rotatable bonds is 5. The summed E-state index contributed by atoms with van der Waals surface area (Å²) in [7, 11) is 0. The van der Waals surface area contributed by atoms with Gasteiger partial charge in [0.25, 0.3) is 0 Å². The van der Waals surface area contributed by atoms with E-state index in [1.807, 2.05) is 0 Å². The van der Waals surface area contributed by atoms with Crippen molar-refractivity contribution in [2.75, 3.05) is 13.2 Å². The first-order valence-corrected chi connectivity index (χ1v) is 5.10. The van der Waals surface area contributed by atoms with E-state index < -0.39 is 0 Å². The topological polar surface area (TPSA) is 35.5 Å². The Morgan fingerprint density at radius 1 is 1.62 bits per heavy atom. The van der Waals surface area contributed by atoms with Crippen LogP contribution in [-0.2, 0) is 14.3 Å². The van der Waals surface area contributed by atoms with Crippen molar-refractivity contribution in [2.45, 2.75) is 45.1 Å². The Hall–Kier alpha value is -0.570. The van der Waals surface area contributed by atoms with Crippen LogP contribution in [0.25, 0.3) is 0 Å². The molecule has 0 saturated carbocycles. The highest BCUT2D eigenvalue weighted by molar-refractivity contribution is 5.69. The van der Waals surface area contributed by atoms with Gasteiger partial charge in [0.1, 0.15) is 0 Å². The van der Waals surface area contributed by atoms with Crippen molar-refractivity contribution in [1.29, 1.82) is 0 Å². The van der Waals surface area contributed by atoms with Crippen molar-refractivity contribution in [3.05, 3.63) is 0 Å². The smallest absolute Gasteiger partial charge is 0.308 e. The van der Waals surface area contributed by atoms with Crippen LogP contribution >= 0.6 is 0 Å². The number of esters is 1. The van der Waals surface area contributed by atoms with Gasteiger partial charge >= 0.3 is 5.97 Å². The van der Waals surface area contributed by atoms with E-state index in [1.54, 1.807) is 0 Å². The molecule has 1 heterocycles. The van der Waals surface area contributed by atoms with Crippen molar-refractivity contribution in [2.24, 2.45) is 0 Å². The first-order chi connectivity index (χ1) is 6.33. The van der Waals surface area contributed by atoms with Crippen LogP contribution in [0, 0.1) is 0 Å². The molecule has 76 valence electrons. The quantitative estimate of drug-likeness (QED) is 0.486. The third kappa shape index (κ3) is 4.27. The Morgan fingerprint density at radius 2 is 2.46 bits per heavy atom. The highest BCUT2D eigenvalue weighted by Gasteiger charge is 2.19. The van der Waals surface area contributed by atoms with Crippen molar-refractivity contribution in [3.8, 4) is 0 Å². The van der Waals surface area contributed by atoms with Crippen molar-refractivity contribution >= 4 is 5.97 Å². The Bertz CT molecular complexity index is 150. The predicted octanol–water partition coefficient (Wildman–Crippen LogP) is 1.90. The lowest BCUT2D eigenvalue weighted by Crippen LogP contribution is -2.15. The predicted molar refractivity (Wildman–Crippen MR) is 49.5 cm³/mol. The van der Waals surface area contributed by atoms with E-state index in [0.717, 1.165) is 32.3 Å². The van der Waals surface area contributed by atoms with Gasteiger partial charge in [0.2, 0.25) is 0 Å². The average Bonchev–Trinajstić information content (AvgIpc) is 2.57. The SMILES string of the molecule is CCCCOC(=O)CC1CCCO1. The summed E-state index contributed by atoms with van der Waals surface area (Å²) in [5.74, 6) is -0.111. The summed E-state index contributed by atoms with van der Waals surface area (Å²) >= 11 is 0. The van der Waals surface area contributed by atoms with E-state index in [4.69, 9.17) is 9.47 Å². The highest BCUT2D eigenvalue weighted by Crippen LogP contribution is 2.15. The lowest BCUT2D eigenvalue weighted by atomic mass is 10.2.